The second kappa shape index (κ2) is 7.81. The fourth-order valence-corrected chi connectivity index (χ4v) is 5.77. The minimum absolute atomic E-state index is 0.207. The van der Waals surface area contributed by atoms with Crippen molar-refractivity contribution in [2.24, 2.45) is 0 Å². The molecule has 2 aliphatic heterocycles. The summed E-state index contributed by atoms with van der Waals surface area (Å²) >= 11 is 0. The predicted molar refractivity (Wildman–Crippen MR) is 146 cm³/mol. The summed E-state index contributed by atoms with van der Waals surface area (Å²) in [7, 11) is 0. The summed E-state index contributed by atoms with van der Waals surface area (Å²) in [4.78, 5) is 27.0. The summed E-state index contributed by atoms with van der Waals surface area (Å²) in [5, 5.41) is 0. The van der Waals surface area contributed by atoms with E-state index in [-0.39, 0.29) is 21.7 Å². The number of carbonyl (C=O) groups excluding carboxylic acids is 2. The van der Waals surface area contributed by atoms with E-state index in [4.69, 9.17) is 9.47 Å². The van der Waals surface area contributed by atoms with E-state index in [2.05, 4.69) is 83.1 Å². The molecule has 0 radical (unpaired) electrons. The third-order valence-electron chi connectivity index (χ3n) is 6.92. The lowest BCUT2D eigenvalue weighted by atomic mass is 9.62. The van der Waals surface area contributed by atoms with Crippen molar-refractivity contribution in [1.82, 2.24) is 0 Å². The Morgan fingerprint density at radius 3 is 1.47 bits per heavy atom. The molecule has 0 amide bonds. The Balaban J connectivity index is 2.35. The number of fused-ring (bicyclic) bond motifs is 2. The van der Waals surface area contributed by atoms with Crippen molar-refractivity contribution in [1.29, 1.82) is 0 Å². The SMILES string of the molecule is CC(C)(C)c1c2c(c(C(C)(C)C)c(C(C)(C)C)c1C(C)(C)C)C(=C1C(=O)Oc3ccccc31)C(=O)O2. The second-order valence-electron chi connectivity index (χ2n) is 14.2. The van der Waals surface area contributed by atoms with E-state index in [1.807, 2.05) is 18.2 Å². The average molecular weight is 489 g/mol. The zero-order chi connectivity index (χ0) is 27.2. The lowest BCUT2D eigenvalue weighted by molar-refractivity contribution is -0.129. The van der Waals surface area contributed by atoms with Crippen LogP contribution in [0.5, 0.6) is 11.5 Å². The molecule has 2 aliphatic rings. The largest absolute Gasteiger partial charge is 0.422 e. The third kappa shape index (κ3) is 3.99. The maximum Gasteiger partial charge on any atom is 0.345 e. The summed E-state index contributed by atoms with van der Waals surface area (Å²) < 4.78 is 11.8. The molecule has 2 heterocycles. The van der Waals surface area contributed by atoms with Gasteiger partial charge in [-0.1, -0.05) is 101 Å². The monoisotopic (exact) mass is 488 g/mol. The number of rotatable bonds is 0. The predicted octanol–water partition coefficient (Wildman–Crippen LogP) is 7.63. The first-order valence-corrected chi connectivity index (χ1v) is 12.8. The molecule has 2 aromatic rings. The van der Waals surface area contributed by atoms with Crippen LogP contribution in [0.3, 0.4) is 0 Å². The highest BCUT2D eigenvalue weighted by atomic mass is 16.5. The molecule has 2 aromatic carbocycles. The van der Waals surface area contributed by atoms with Gasteiger partial charge in [-0.2, -0.15) is 0 Å². The Kier molecular flexibility index (Phi) is 5.68. The number of carbonyl (C=O) groups is 2. The molecule has 0 N–H and O–H groups in total. The molecule has 0 fully saturated rings. The van der Waals surface area contributed by atoms with Crippen LogP contribution >= 0.6 is 0 Å². The summed E-state index contributed by atoms with van der Waals surface area (Å²) in [6, 6.07) is 7.28. The van der Waals surface area contributed by atoms with Gasteiger partial charge in [0.2, 0.25) is 0 Å². The molecule has 0 spiro atoms. The Labute approximate surface area is 216 Å². The number of esters is 2. The van der Waals surface area contributed by atoms with Gasteiger partial charge in [0.05, 0.1) is 11.1 Å². The summed E-state index contributed by atoms with van der Waals surface area (Å²) in [6.07, 6.45) is 0. The van der Waals surface area contributed by atoms with Crippen molar-refractivity contribution < 1.29 is 19.1 Å². The van der Waals surface area contributed by atoms with Crippen molar-refractivity contribution in [2.75, 3.05) is 0 Å². The van der Waals surface area contributed by atoms with Gasteiger partial charge in [0.1, 0.15) is 11.5 Å². The van der Waals surface area contributed by atoms with E-state index >= 15 is 0 Å². The van der Waals surface area contributed by atoms with Gasteiger partial charge in [0.25, 0.3) is 0 Å². The number of para-hydroxylation sites is 1. The number of benzene rings is 2. The molecule has 4 nitrogen and oxygen atoms in total. The maximum atomic E-state index is 13.8. The molecule has 0 unspecified atom stereocenters. The van der Waals surface area contributed by atoms with E-state index in [0.717, 1.165) is 16.7 Å². The fraction of sp³-hybridized carbons (Fsp3) is 0.500. The number of hydrogen-bond donors (Lipinski definition) is 0. The van der Waals surface area contributed by atoms with Gasteiger partial charge < -0.3 is 9.47 Å². The van der Waals surface area contributed by atoms with E-state index in [1.54, 1.807) is 6.07 Å². The Hall–Kier alpha value is -2.88. The molecule has 0 atom stereocenters. The summed E-state index contributed by atoms with van der Waals surface area (Å²) in [5.41, 5.74) is 5.47. The van der Waals surface area contributed by atoms with Gasteiger partial charge in [0.15, 0.2) is 0 Å². The van der Waals surface area contributed by atoms with Crippen molar-refractivity contribution in [3.63, 3.8) is 0 Å². The van der Waals surface area contributed by atoms with Crippen LogP contribution in [-0.2, 0) is 31.2 Å². The molecule has 0 saturated heterocycles. The van der Waals surface area contributed by atoms with E-state index < -0.39 is 11.9 Å². The van der Waals surface area contributed by atoms with Crippen LogP contribution in [0.15, 0.2) is 24.3 Å². The van der Waals surface area contributed by atoms with Gasteiger partial charge in [-0.25, -0.2) is 9.59 Å². The van der Waals surface area contributed by atoms with Crippen LogP contribution in [-0.4, -0.2) is 11.9 Å². The first-order valence-electron chi connectivity index (χ1n) is 12.8. The minimum atomic E-state index is -0.509. The molecular formula is C32H40O4. The fourth-order valence-electron chi connectivity index (χ4n) is 5.77. The zero-order valence-electron chi connectivity index (χ0n) is 23.9. The van der Waals surface area contributed by atoms with Crippen LogP contribution in [0.2, 0.25) is 0 Å². The molecule has 0 saturated carbocycles. The third-order valence-corrected chi connectivity index (χ3v) is 6.92. The van der Waals surface area contributed by atoms with Gasteiger partial charge in [-0.15, -0.1) is 0 Å². The van der Waals surface area contributed by atoms with Gasteiger partial charge in [0, 0.05) is 16.7 Å². The lowest BCUT2D eigenvalue weighted by Gasteiger charge is -2.42. The Morgan fingerprint density at radius 1 is 0.528 bits per heavy atom. The van der Waals surface area contributed by atoms with Crippen LogP contribution in [0.25, 0.3) is 11.1 Å². The van der Waals surface area contributed by atoms with Crippen molar-refractivity contribution in [2.45, 2.75) is 105 Å². The zero-order valence-corrected chi connectivity index (χ0v) is 23.9. The minimum Gasteiger partial charge on any atom is -0.422 e. The smallest absolute Gasteiger partial charge is 0.345 e. The van der Waals surface area contributed by atoms with Gasteiger partial charge in [-0.3, -0.25) is 0 Å². The van der Waals surface area contributed by atoms with Crippen LogP contribution in [0.1, 0.15) is 116 Å². The lowest BCUT2D eigenvalue weighted by Crippen LogP contribution is -2.33. The quantitative estimate of drug-likeness (QED) is 0.217. The van der Waals surface area contributed by atoms with Crippen molar-refractivity contribution >= 4 is 23.1 Å². The number of hydrogen-bond acceptors (Lipinski definition) is 4. The summed E-state index contributed by atoms with van der Waals surface area (Å²) in [5.74, 6) is 0.0675. The summed E-state index contributed by atoms with van der Waals surface area (Å²) in [6.45, 7) is 26.4. The second-order valence-corrected chi connectivity index (χ2v) is 14.2. The molecule has 4 rings (SSSR count). The van der Waals surface area contributed by atoms with Crippen LogP contribution in [0, 0.1) is 0 Å². The molecule has 4 heteroatoms. The topological polar surface area (TPSA) is 52.6 Å². The highest BCUT2D eigenvalue weighted by molar-refractivity contribution is 6.41. The molecule has 0 aromatic heterocycles. The number of ether oxygens (including phenoxy) is 2. The van der Waals surface area contributed by atoms with E-state index in [0.29, 0.717) is 28.2 Å². The Morgan fingerprint density at radius 2 is 0.972 bits per heavy atom. The molecule has 36 heavy (non-hydrogen) atoms. The first kappa shape index (κ1) is 26.2. The molecule has 0 bridgehead atoms. The normalized spacial score (nSPS) is 18.2. The molecule has 0 aliphatic carbocycles. The standard InChI is InChI=1S/C32H40O4/c1-29(2,3)22-21-20(19-17-15-13-14-16-18(17)35-27(19)33)28(34)36-26(21)25(32(10,11)12)24(31(7,8)9)23(22)30(4,5)6/h13-16H,1-12H3. The molecular weight excluding hydrogens is 448 g/mol. The van der Waals surface area contributed by atoms with E-state index in [9.17, 15) is 9.59 Å². The van der Waals surface area contributed by atoms with Gasteiger partial charge in [-0.05, 0) is 44.4 Å². The maximum absolute atomic E-state index is 13.8. The first-order chi connectivity index (χ1) is 16.3. The van der Waals surface area contributed by atoms with Crippen molar-refractivity contribution in [3.05, 3.63) is 57.6 Å². The molecule has 192 valence electrons. The Bertz CT molecular complexity index is 1330. The van der Waals surface area contributed by atoms with E-state index in [1.165, 1.54) is 11.1 Å². The highest BCUT2D eigenvalue weighted by Gasteiger charge is 2.48. The van der Waals surface area contributed by atoms with Gasteiger partial charge >= 0.3 is 11.9 Å². The van der Waals surface area contributed by atoms with Crippen LogP contribution < -0.4 is 9.47 Å². The van der Waals surface area contributed by atoms with Crippen molar-refractivity contribution in [3.8, 4) is 11.5 Å². The van der Waals surface area contributed by atoms with Crippen LogP contribution in [0.4, 0.5) is 0 Å². The average Bonchev–Trinajstić information content (AvgIpc) is 3.17. The highest BCUT2D eigenvalue weighted by Crippen LogP contribution is 2.57.